The van der Waals surface area contributed by atoms with Crippen molar-refractivity contribution in [3.05, 3.63) is 42.5 Å². The number of hydrogen-bond acceptors (Lipinski definition) is 4. The van der Waals surface area contributed by atoms with Crippen molar-refractivity contribution in [3.63, 3.8) is 0 Å². The summed E-state index contributed by atoms with van der Waals surface area (Å²) in [7, 11) is 1.89. The van der Waals surface area contributed by atoms with Gasteiger partial charge in [0.2, 0.25) is 0 Å². The van der Waals surface area contributed by atoms with Crippen molar-refractivity contribution in [2.45, 2.75) is 12.8 Å². The second-order valence-corrected chi connectivity index (χ2v) is 4.45. The van der Waals surface area contributed by atoms with Crippen LogP contribution in [0.2, 0.25) is 0 Å². The summed E-state index contributed by atoms with van der Waals surface area (Å²) in [6.07, 6.45) is 8.84. The maximum Gasteiger partial charge on any atom is 0.257 e. The Balaban J connectivity index is 1.58. The first-order chi connectivity index (χ1) is 9.74. The van der Waals surface area contributed by atoms with Gasteiger partial charge in [0.05, 0.1) is 12.4 Å². The van der Waals surface area contributed by atoms with Gasteiger partial charge in [0.25, 0.3) is 5.91 Å². The van der Waals surface area contributed by atoms with Crippen LogP contribution in [0.5, 0.6) is 5.75 Å². The third-order valence-corrected chi connectivity index (χ3v) is 2.73. The van der Waals surface area contributed by atoms with Crippen molar-refractivity contribution in [3.8, 4) is 5.75 Å². The minimum atomic E-state index is -0.125. The predicted molar refractivity (Wildman–Crippen MR) is 74.3 cm³/mol. The van der Waals surface area contributed by atoms with Crippen LogP contribution in [0.1, 0.15) is 12.0 Å². The van der Waals surface area contributed by atoms with Crippen LogP contribution in [0, 0.1) is 0 Å². The van der Waals surface area contributed by atoms with Gasteiger partial charge in [-0.25, -0.2) is 0 Å². The Bertz CT molecular complexity index is 539. The standard InChI is InChI=1S/C14H18N4O2/c1-18-10-12(8-17-18)4-2-7-16-14(19)11-20-13-5-3-6-15-9-13/h3,5-6,8-10H,2,4,7,11H2,1H3,(H,16,19). The summed E-state index contributed by atoms with van der Waals surface area (Å²) in [6, 6.07) is 3.53. The van der Waals surface area contributed by atoms with E-state index >= 15 is 0 Å². The van der Waals surface area contributed by atoms with Crippen LogP contribution in [0.25, 0.3) is 0 Å². The molecule has 2 aromatic rings. The molecule has 0 spiro atoms. The molecule has 0 saturated carbocycles. The highest BCUT2D eigenvalue weighted by atomic mass is 16.5. The van der Waals surface area contributed by atoms with Crippen molar-refractivity contribution < 1.29 is 9.53 Å². The van der Waals surface area contributed by atoms with Crippen molar-refractivity contribution in [2.24, 2.45) is 7.05 Å². The molecule has 6 nitrogen and oxygen atoms in total. The molecule has 0 aliphatic rings. The Hall–Kier alpha value is -2.37. The quantitative estimate of drug-likeness (QED) is 0.763. The molecule has 2 aromatic heterocycles. The van der Waals surface area contributed by atoms with Gasteiger partial charge < -0.3 is 10.1 Å². The third kappa shape index (κ3) is 4.72. The molecule has 20 heavy (non-hydrogen) atoms. The number of amides is 1. The first-order valence-corrected chi connectivity index (χ1v) is 6.51. The fourth-order valence-electron chi connectivity index (χ4n) is 1.75. The number of carbonyl (C=O) groups is 1. The summed E-state index contributed by atoms with van der Waals surface area (Å²) in [5, 5.41) is 6.92. The highest BCUT2D eigenvalue weighted by molar-refractivity contribution is 5.77. The predicted octanol–water partition coefficient (Wildman–Crippen LogP) is 0.943. The van der Waals surface area contributed by atoms with Gasteiger partial charge in [-0.3, -0.25) is 14.5 Å². The molecule has 1 N–H and O–H groups in total. The summed E-state index contributed by atoms with van der Waals surface area (Å²) >= 11 is 0. The lowest BCUT2D eigenvalue weighted by molar-refractivity contribution is -0.123. The third-order valence-electron chi connectivity index (χ3n) is 2.73. The summed E-state index contributed by atoms with van der Waals surface area (Å²) in [6.45, 7) is 0.642. The van der Waals surface area contributed by atoms with Gasteiger partial charge in [-0.1, -0.05) is 0 Å². The van der Waals surface area contributed by atoms with Gasteiger partial charge >= 0.3 is 0 Å². The Morgan fingerprint density at radius 1 is 1.45 bits per heavy atom. The molecule has 0 fully saturated rings. The molecular formula is C14H18N4O2. The number of aryl methyl sites for hydroxylation is 2. The Morgan fingerprint density at radius 2 is 2.35 bits per heavy atom. The molecule has 0 bridgehead atoms. The maximum absolute atomic E-state index is 11.6. The minimum Gasteiger partial charge on any atom is -0.482 e. The molecule has 0 aliphatic carbocycles. The lowest BCUT2D eigenvalue weighted by Gasteiger charge is -2.06. The highest BCUT2D eigenvalue weighted by Gasteiger charge is 2.02. The SMILES string of the molecule is Cn1cc(CCCNC(=O)COc2cccnc2)cn1. The Morgan fingerprint density at radius 3 is 3.05 bits per heavy atom. The number of hydrogen-bond donors (Lipinski definition) is 1. The maximum atomic E-state index is 11.6. The van der Waals surface area contributed by atoms with Gasteiger partial charge in [-0.15, -0.1) is 0 Å². The van der Waals surface area contributed by atoms with Crippen molar-refractivity contribution in [1.29, 1.82) is 0 Å². The highest BCUT2D eigenvalue weighted by Crippen LogP contribution is 2.05. The van der Waals surface area contributed by atoms with Gasteiger partial charge in [0.1, 0.15) is 5.75 Å². The topological polar surface area (TPSA) is 69.0 Å². The smallest absolute Gasteiger partial charge is 0.257 e. The monoisotopic (exact) mass is 274 g/mol. The number of nitrogens with zero attached hydrogens (tertiary/aromatic N) is 3. The van der Waals surface area contributed by atoms with Crippen LogP contribution in [0.15, 0.2) is 36.9 Å². The van der Waals surface area contributed by atoms with Gasteiger partial charge in [0.15, 0.2) is 6.61 Å². The molecule has 106 valence electrons. The number of rotatable bonds is 7. The van der Waals surface area contributed by atoms with Gasteiger partial charge in [-0.2, -0.15) is 5.10 Å². The van der Waals surface area contributed by atoms with E-state index in [4.69, 9.17) is 4.74 Å². The first-order valence-electron chi connectivity index (χ1n) is 6.51. The zero-order valence-corrected chi connectivity index (χ0v) is 11.5. The van der Waals surface area contributed by atoms with E-state index < -0.39 is 0 Å². The second-order valence-electron chi connectivity index (χ2n) is 4.45. The van der Waals surface area contributed by atoms with E-state index in [1.807, 2.05) is 19.4 Å². The number of pyridine rings is 1. The summed E-state index contributed by atoms with van der Waals surface area (Å²) in [5.74, 6) is 0.470. The van der Waals surface area contributed by atoms with E-state index in [-0.39, 0.29) is 12.5 Å². The van der Waals surface area contributed by atoms with Crippen LogP contribution >= 0.6 is 0 Å². The second kappa shape index (κ2) is 7.28. The lowest BCUT2D eigenvalue weighted by Crippen LogP contribution is -2.29. The van der Waals surface area contributed by atoms with Crippen LogP contribution in [0.3, 0.4) is 0 Å². The normalized spacial score (nSPS) is 10.2. The van der Waals surface area contributed by atoms with Crippen LogP contribution < -0.4 is 10.1 Å². The Kier molecular flexibility index (Phi) is 5.11. The number of carbonyl (C=O) groups excluding carboxylic acids is 1. The molecule has 0 atom stereocenters. The van der Waals surface area contributed by atoms with Crippen molar-refractivity contribution in [2.75, 3.05) is 13.2 Å². The molecule has 6 heteroatoms. The van der Waals surface area contributed by atoms with Gasteiger partial charge in [-0.05, 0) is 30.5 Å². The van der Waals surface area contributed by atoms with E-state index in [1.165, 1.54) is 5.56 Å². The number of nitrogens with one attached hydrogen (secondary N) is 1. The zero-order valence-electron chi connectivity index (χ0n) is 11.5. The van der Waals surface area contributed by atoms with E-state index in [9.17, 15) is 4.79 Å². The number of ether oxygens (including phenoxy) is 1. The molecule has 0 aliphatic heterocycles. The summed E-state index contributed by atoms with van der Waals surface area (Å²) < 4.78 is 7.07. The fraction of sp³-hybridized carbons (Fsp3) is 0.357. The molecule has 0 aromatic carbocycles. The number of aromatic nitrogens is 3. The van der Waals surface area contributed by atoms with E-state index in [2.05, 4.69) is 15.4 Å². The molecule has 0 saturated heterocycles. The van der Waals surface area contributed by atoms with Gasteiger partial charge in [0, 0.05) is 26.0 Å². The lowest BCUT2D eigenvalue weighted by atomic mass is 10.2. The van der Waals surface area contributed by atoms with E-state index in [0.29, 0.717) is 12.3 Å². The molecule has 0 unspecified atom stereocenters. The van der Waals surface area contributed by atoms with Crippen LogP contribution in [-0.4, -0.2) is 33.8 Å². The van der Waals surface area contributed by atoms with Crippen molar-refractivity contribution in [1.82, 2.24) is 20.1 Å². The molecular weight excluding hydrogens is 256 g/mol. The van der Waals surface area contributed by atoms with Crippen LogP contribution in [-0.2, 0) is 18.3 Å². The van der Waals surface area contributed by atoms with Crippen molar-refractivity contribution >= 4 is 5.91 Å². The van der Waals surface area contributed by atoms with E-state index in [1.54, 1.807) is 29.2 Å². The molecule has 0 radical (unpaired) electrons. The molecule has 2 rings (SSSR count). The summed E-state index contributed by atoms with van der Waals surface area (Å²) in [5.41, 5.74) is 1.17. The summed E-state index contributed by atoms with van der Waals surface area (Å²) in [4.78, 5) is 15.5. The minimum absolute atomic E-state index is 0.0125. The average molecular weight is 274 g/mol. The largest absolute Gasteiger partial charge is 0.482 e. The molecule has 1 amide bonds. The zero-order chi connectivity index (χ0) is 14.2. The van der Waals surface area contributed by atoms with E-state index in [0.717, 1.165) is 12.8 Å². The molecule has 2 heterocycles. The Labute approximate surface area is 117 Å². The first kappa shape index (κ1) is 14.0. The average Bonchev–Trinajstić information content (AvgIpc) is 2.88. The van der Waals surface area contributed by atoms with Crippen LogP contribution in [0.4, 0.5) is 0 Å². The fourth-order valence-corrected chi connectivity index (χ4v) is 1.75.